The topological polar surface area (TPSA) is 59.8 Å². The molecule has 1 aromatic rings. The molecule has 2 aliphatic heterocycles. The van der Waals surface area contributed by atoms with E-state index in [-0.39, 0.29) is 11.5 Å². The van der Waals surface area contributed by atoms with Crippen LogP contribution >= 0.6 is 0 Å². The molecule has 2 saturated heterocycles. The molecule has 1 amide bonds. The number of carbonyl (C=O) groups is 1. The van der Waals surface area contributed by atoms with Crippen molar-refractivity contribution in [3.63, 3.8) is 0 Å². The molecular formula is C19H32N4O3. The SMILES string of the molecule is CCOCCN1CCOC2(CCN(Cc3ccn(CC)n3)CC2)CC1=O. The Morgan fingerprint density at radius 3 is 2.77 bits per heavy atom. The van der Waals surface area contributed by atoms with E-state index in [2.05, 4.69) is 23.0 Å². The van der Waals surface area contributed by atoms with E-state index in [4.69, 9.17) is 9.47 Å². The van der Waals surface area contributed by atoms with Crippen molar-refractivity contribution in [2.75, 3.05) is 46.0 Å². The second-order valence-corrected chi connectivity index (χ2v) is 7.22. The molecule has 3 rings (SSSR count). The average Bonchev–Trinajstić information content (AvgIpc) is 3.04. The van der Waals surface area contributed by atoms with Gasteiger partial charge >= 0.3 is 0 Å². The Hall–Kier alpha value is -1.44. The number of nitrogens with zero attached hydrogens (tertiary/aromatic N) is 4. The van der Waals surface area contributed by atoms with E-state index in [9.17, 15) is 4.79 Å². The molecule has 1 aromatic heterocycles. The number of hydrogen-bond acceptors (Lipinski definition) is 5. The van der Waals surface area contributed by atoms with Crippen LogP contribution in [0.25, 0.3) is 0 Å². The molecule has 3 heterocycles. The van der Waals surface area contributed by atoms with Crippen molar-refractivity contribution in [1.82, 2.24) is 19.6 Å². The lowest BCUT2D eigenvalue weighted by molar-refractivity contribution is -0.136. The fourth-order valence-corrected chi connectivity index (χ4v) is 3.82. The van der Waals surface area contributed by atoms with E-state index in [1.807, 2.05) is 22.7 Å². The summed E-state index contributed by atoms with van der Waals surface area (Å²) in [7, 11) is 0. The van der Waals surface area contributed by atoms with Gasteiger partial charge in [0.25, 0.3) is 0 Å². The number of rotatable bonds is 7. The highest BCUT2D eigenvalue weighted by Crippen LogP contribution is 2.32. The predicted octanol–water partition coefficient (Wildman–Crippen LogP) is 1.52. The summed E-state index contributed by atoms with van der Waals surface area (Å²) in [5.74, 6) is 0.206. The standard InChI is InChI=1S/C19H32N4O3/c1-3-23-8-5-17(20-23)16-21-9-6-19(7-10-21)15-18(24)22(12-14-26-19)11-13-25-4-2/h5,8H,3-4,6-7,9-16H2,1-2H3. The number of aryl methyl sites for hydroxylation is 1. The normalized spacial score (nSPS) is 21.3. The summed E-state index contributed by atoms with van der Waals surface area (Å²) in [5.41, 5.74) is 0.833. The molecular weight excluding hydrogens is 332 g/mol. The Morgan fingerprint density at radius 1 is 1.27 bits per heavy atom. The second-order valence-electron chi connectivity index (χ2n) is 7.22. The Kier molecular flexibility index (Phi) is 6.67. The van der Waals surface area contributed by atoms with Gasteiger partial charge in [-0.15, -0.1) is 0 Å². The lowest BCUT2D eigenvalue weighted by atomic mass is 9.87. The lowest BCUT2D eigenvalue weighted by Crippen LogP contribution is -2.47. The summed E-state index contributed by atoms with van der Waals surface area (Å²) < 4.78 is 13.6. The van der Waals surface area contributed by atoms with Crippen LogP contribution in [-0.2, 0) is 27.4 Å². The van der Waals surface area contributed by atoms with E-state index >= 15 is 0 Å². The van der Waals surface area contributed by atoms with E-state index in [0.29, 0.717) is 39.3 Å². The van der Waals surface area contributed by atoms with Crippen LogP contribution in [0.1, 0.15) is 38.8 Å². The maximum Gasteiger partial charge on any atom is 0.225 e. The van der Waals surface area contributed by atoms with Gasteiger partial charge in [-0.1, -0.05) is 0 Å². The Balaban J connectivity index is 1.50. The number of amides is 1. The zero-order chi connectivity index (χ0) is 18.4. The highest BCUT2D eigenvalue weighted by atomic mass is 16.5. The van der Waals surface area contributed by atoms with Crippen LogP contribution in [0, 0.1) is 0 Å². The molecule has 0 atom stereocenters. The van der Waals surface area contributed by atoms with Gasteiger partial charge in [0, 0.05) is 52.1 Å². The first-order chi connectivity index (χ1) is 12.6. The van der Waals surface area contributed by atoms with Gasteiger partial charge in [-0.2, -0.15) is 5.10 Å². The first kappa shape index (κ1) is 19.3. The quantitative estimate of drug-likeness (QED) is 0.687. The summed E-state index contributed by atoms with van der Waals surface area (Å²) in [5, 5.41) is 4.57. The van der Waals surface area contributed by atoms with Crippen molar-refractivity contribution < 1.29 is 14.3 Å². The van der Waals surface area contributed by atoms with E-state index < -0.39 is 0 Å². The minimum atomic E-state index is -0.281. The summed E-state index contributed by atoms with van der Waals surface area (Å²) in [6, 6.07) is 2.09. The summed E-state index contributed by atoms with van der Waals surface area (Å²) in [6.07, 6.45) is 4.35. The van der Waals surface area contributed by atoms with Crippen molar-refractivity contribution in [2.45, 2.75) is 51.8 Å². The number of piperidine rings is 1. The van der Waals surface area contributed by atoms with Crippen LogP contribution < -0.4 is 0 Å². The first-order valence-corrected chi connectivity index (χ1v) is 9.88. The monoisotopic (exact) mass is 364 g/mol. The molecule has 2 aliphatic rings. The van der Waals surface area contributed by atoms with Crippen LogP contribution in [-0.4, -0.2) is 77.1 Å². The van der Waals surface area contributed by atoms with Gasteiger partial charge in [0.05, 0.1) is 30.9 Å². The molecule has 1 spiro atoms. The maximum atomic E-state index is 12.7. The molecule has 26 heavy (non-hydrogen) atoms. The van der Waals surface area contributed by atoms with Crippen molar-refractivity contribution >= 4 is 5.91 Å². The van der Waals surface area contributed by atoms with Crippen LogP contribution in [0.2, 0.25) is 0 Å². The third-order valence-corrected chi connectivity index (χ3v) is 5.48. The van der Waals surface area contributed by atoms with Crippen LogP contribution in [0.4, 0.5) is 0 Å². The zero-order valence-corrected chi connectivity index (χ0v) is 16.2. The number of ether oxygens (including phenoxy) is 2. The number of aromatic nitrogens is 2. The van der Waals surface area contributed by atoms with Crippen molar-refractivity contribution in [1.29, 1.82) is 0 Å². The molecule has 0 saturated carbocycles. The second kappa shape index (κ2) is 8.97. The zero-order valence-electron chi connectivity index (χ0n) is 16.2. The molecule has 0 radical (unpaired) electrons. The summed E-state index contributed by atoms with van der Waals surface area (Å²) >= 11 is 0. The molecule has 7 nitrogen and oxygen atoms in total. The number of hydrogen-bond donors (Lipinski definition) is 0. The Morgan fingerprint density at radius 2 is 2.08 bits per heavy atom. The van der Waals surface area contributed by atoms with Crippen LogP contribution in [0.3, 0.4) is 0 Å². The third-order valence-electron chi connectivity index (χ3n) is 5.48. The highest BCUT2D eigenvalue weighted by molar-refractivity contribution is 5.77. The van der Waals surface area contributed by atoms with Crippen LogP contribution in [0.5, 0.6) is 0 Å². The Bertz CT molecular complexity index is 581. The van der Waals surface area contributed by atoms with Gasteiger partial charge in [0.1, 0.15) is 0 Å². The van der Waals surface area contributed by atoms with Gasteiger partial charge in [0.15, 0.2) is 0 Å². The fourth-order valence-electron chi connectivity index (χ4n) is 3.82. The van der Waals surface area contributed by atoms with Gasteiger partial charge in [-0.05, 0) is 32.8 Å². The molecule has 0 bridgehead atoms. The predicted molar refractivity (Wildman–Crippen MR) is 98.8 cm³/mol. The molecule has 0 N–H and O–H groups in total. The molecule has 0 aliphatic carbocycles. The van der Waals surface area contributed by atoms with Gasteiger partial charge < -0.3 is 14.4 Å². The minimum absolute atomic E-state index is 0.206. The van der Waals surface area contributed by atoms with E-state index in [0.717, 1.165) is 44.7 Å². The number of likely N-dealkylation sites (tertiary alicyclic amines) is 1. The summed E-state index contributed by atoms with van der Waals surface area (Å²) in [4.78, 5) is 17.0. The van der Waals surface area contributed by atoms with E-state index in [1.54, 1.807) is 0 Å². The largest absolute Gasteiger partial charge is 0.380 e. The molecule has 146 valence electrons. The van der Waals surface area contributed by atoms with Crippen molar-refractivity contribution in [3.05, 3.63) is 18.0 Å². The van der Waals surface area contributed by atoms with Crippen molar-refractivity contribution in [3.8, 4) is 0 Å². The van der Waals surface area contributed by atoms with Gasteiger partial charge in [-0.3, -0.25) is 14.4 Å². The smallest absolute Gasteiger partial charge is 0.225 e. The molecule has 0 unspecified atom stereocenters. The molecule has 7 heteroatoms. The van der Waals surface area contributed by atoms with Gasteiger partial charge in [0.2, 0.25) is 5.91 Å². The maximum absolute atomic E-state index is 12.7. The minimum Gasteiger partial charge on any atom is -0.380 e. The molecule has 2 fully saturated rings. The van der Waals surface area contributed by atoms with Gasteiger partial charge in [-0.25, -0.2) is 0 Å². The molecule has 0 aromatic carbocycles. The average molecular weight is 364 g/mol. The lowest BCUT2D eigenvalue weighted by Gasteiger charge is -2.40. The van der Waals surface area contributed by atoms with Crippen molar-refractivity contribution in [2.24, 2.45) is 0 Å². The van der Waals surface area contributed by atoms with Crippen LogP contribution in [0.15, 0.2) is 12.3 Å². The number of carbonyl (C=O) groups excluding carboxylic acids is 1. The van der Waals surface area contributed by atoms with E-state index in [1.165, 1.54) is 0 Å². The summed E-state index contributed by atoms with van der Waals surface area (Å²) in [6.45, 7) is 11.0. The fraction of sp³-hybridized carbons (Fsp3) is 0.789. The highest BCUT2D eigenvalue weighted by Gasteiger charge is 2.40. The third kappa shape index (κ3) is 4.84. The Labute approximate surface area is 156 Å². The first-order valence-electron chi connectivity index (χ1n) is 9.88.